The molecule has 0 radical (unpaired) electrons. The van der Waals surface area contributed by atoms with Gasteiger partial charge in [-0.2, -0.15) is 0 Å². The number of hydrogen-bond acceptors (Lipinski definition) is 6. The van der Waals surface area contributed by atoms with Crippen LogP contribution in [0.25, 0.3) is 11.0 Å². The SMILES string of the molecule is O=C(O)n1c(CN(Cc2cccc(S(=O)(=O)Nc3ccccc3)c2)C2CCCc3cccnc32)nc2ccccc21. The fourth-order valence-electron chi connectivity index (χ4n) is 5.56. The van der Waals surface area contributed by atoms with Crippen molar-refractivity contribution >= 4 is 32.8 Å². The molecule has 9 nitrogen and oxygen atoms in total. The van der Waals surface area contributed by atoms with Crippen molar-refractivity contribution in [3.8, 4) is 0 Å². The zero-order chi connectivity index (χ0) is 28.4. The van der Waals surface area contributed by atoms with Crippen molar-refractivity contribution in [3.05, 3.63) is 120 Å². The summed E-state index contributed by atoms with van der Waals surface area (Å²) in [5.41, 5.74) is 4.53. The minimum Gasteiger partial charge on any atom is -0.464 e. The molecule has 41 heavy (non-hydrogen) atoms. The number of hydrogen-bond donors (Lipinski definition) is 2. The number of nitrogens with zero attached hydrogens (tertiary/aromatic N) is 4. The van der Waals surface area contributed by atoms with Gasteiger partial charge in [0.1, 0.15) is 5.82 Å². The molecule has 10 heteroatoms. The zero-order valence-corrected chi connectivity index (χ0v) is 23.0. The highest BCUT2D eigenvalue weighted by Crippen LogP contribution is 2.35. The number of pyridine rings is 1. The maximum Gasteiger partial charge on any atom is 0.417 e. The fourth-order valence-corrected chi connectivity index (χ4v) is 6.69. The highest BCUT2D eigenvalue weighted by Gasteiger charge is 2.30. The number of carboxylic acid groups (broad SMARTS) is 1. The van der Waals surface area contributed by atoms with E-state index in [-0.39, 0.29) is 17.5 Å². The van der Waals surface area contributed by atoms with Crippen LogP contribution < -0.4 is 4.72 Å². The molecule has 5 aromatic rings. The van der Waals surface area contributed by atoms with Gasteiger partial charge in [-0.1, -0.05) is 48.5 Å². The molecule has 2 aromatic heterocycles. The number of benzene rings is 3. The van der Waals surface area contributed by atoms with E-state index in [0.717, 1.165) is 30.5 Å². The van der Waals surface area contributed by atoms with E-state index < -0.39 is 16.1 Å². The van der Waals surface area contributed by atoms with E-state index in [1.807, 2.05) is 24.3 Å². The Kier molecular flexibility index (Phi) is 7.25. The molecule has 208 valence electrons. The summed E-state index contributed by atoms with van der Waals surface area (Å²) in [6.07, 6.45) is 3.41. The molecule has 2 heterocycles. The Balaban J connectivity index is 1.37. The molecule has 0 saturated carbocycles. The summed E-state index contributed by atoms with van der Waals surface area (Å²) in [5.74, 6) is 0.399. The van der Waals surface area contributed by atoms with Gasteiger partial charge in [0.2, 0.25) is 0 Å². The van der Waals surface area contributed by atoms with Gasteiger partial charge in [0.15, 0.2) is 0 Å². The second-order valence-corrected chi connectivity index (χ2v) is 11.8. The van der Waals surface area contributed by atoms with Crippen LogP contribution >= 0.6 is 0 Å². The van der Waals surface area contributed by atoms with Crippen molar-refractivity contribution in [2.75, 3.05) is 4.72 Å². The number of carbonyl (C=O) groups is 1. The Bertz CT molecular complexity index is 1820. The highest BCUT2D eigenvalue weighted by molar-refractivity contribution is 7.92. The van der Waals surface area contributed by atoms with E-state index in [1.54, 1.807) is 66.9 Å². The highest BCUT2D eigenvalue weighted by atomic mass is 32.2. The molecule has 0 aliphatic heterocycles. The first-order valence-corrected chi connectivity index (χ1v) is 14.9. The summed E-state index contributed by atoms with van der Waals surface area (Å²) in [4.78, 5) is 24.0. The second kappa shape index (κ2) is 11.1. The number of anilines is 1. The number of sulfonamides is 1. The quantitative estimate of drug-likeness (QED) is 0.242. The fraction of sp³-hybridized carbons (Fsp3) is 0.194. The summed E-state index contributed by atoms with van der Waals surface area (Å²) in [6, 6.07) is 26.7. The Labute approximate surface area is 238 Å². The van der Waals surface area contributed by atoms with Crippen LogP contribution in [-0.2, 0) is 29.5 Å². The number of aryl methyl sites for hydroxylation is 1. The molecular weight excluding hydrogens is 538 g/mol. The lowest BCUT2D eigenvalue weighted by Gasteiger charge is -2.35. The van der Waals surface area contributed by atoms with Gasteiger partial charge in [0.25, 0.3) is 10.0 Å². The first-order valence-electron chi connectivity index (χ1n) is 13.4. The van der Waals surface area contributed by atoms with Crippen LogP contribution in [0.2, 0.25) is 0 Å². The van der Waals surface area contributed by atoms with Crippen molar-refractivity contribution in [1.82, 2.24) is 19.4 Å². The maximum atomic E-state index is 13.2. The third-order valence-corrected chi connectivity index (χ3v) is 8.77. The molecule has 0 bridgehead atoms. The zero-order valence-electron chi connectivity index (χ0n) is 22.2. The predicted octanol–water partition coefficient (Wildman–Crippen LogP) is 5.84. The van der Waals surface area contributed by atoms with Crippen molar-refractivity contribution in [2.24, 2.45) is 0 Å². The van der Waals surface area contributed by atoms with Gasteiger partial charge < -0.3 is 5.11 Å². The van der Waals surface area contributed by atoms with Crippen molar-refractivity contribution < 1.29 is 18.3 Å². The number of imidazole rings is 1. The van der Waals surface area contributed by atoms with E-state index in [4.69, 9.17) is 4.98 Å². The molecule has 0 spiro atoms. The predicted molar refractivity (Wildman–Crippen MR) is 156 cm³/mol. The number of rotatable bonds is 8. The van der Waals surface area contributed by atoms with Gasteiger partial charge in [0.05, 0.1) is 34.2 Å². The molecule has 2 N–H and O–H groups in total. The molecule has 1 atom stereocenters. The first-order chi connectivity index (χ1) is 19.9. The average molecular weight is 568 g/mol. The van der Waals surface area contributed by atoms with Gasteiger partial charge >= 0.3 is 6.09 Å². The van der Waals surface area contributed by atoms with Crippen LogP contribution in [0.1, 0.15) is 41.5 Å². The summed E-state index contributed by atoms with van der Waals surface area (Å²) in [7, 11) is -3.81. The molecule has 0 amide bonds. The molecule has 1 aliphatic carbocycles. The number of fused-ring (bicyclic) bond motifs is 2. The van der Waals surface area contributed by atoms with Gasteiger partial charge in [-0.3, -0.25) is 14.6 Å². The molecule has 1 unspecified atom stereocenters. The van der Waals surface area contributed by atoms with Crippen LogP contribution in [0.4, 0.5) is 10.5 Å². The third kappa shape index (κ3) is 5.57. The Morgan fingerprint density at radius 3 is 2.61 bits per heavy atom. The van der Waals surface area contributed by atoms with Gasteiger partial charge in [-0.15, -0.1) is 0 Å². The Morgan fingerprint density at radius 1 is 0.976 bits per heavy atom. The number of nitrogens with one attached hydrogen (secondary N) is 1. The lowest BCUT2D eigenvalue weighted by Crippen LogP contribution is -2.33. The van der Waals surface area contributed by atoms with Crippen molar-refractivity contribution in [1.29, 1.82) is 0 Å². The molecule has 0 fully saturated rings. The van der Waals surface area contributed by atoms with Crippen molar-refractivity contribution in [2.45, 2.75) is 43.3 Å². The summed E-state index contributed by atoms with van der Waals surface area (Å²) in [5, 5.41) is 10.1. The third-order valence-electron chi connectivity index (χ3n) is 7.39. The number of para-hydroxylation sites is 3. The Hall–Kier alpha value is -4.54. The van der Waals surface area contributed by atoms with Crippen LogP contribution in [-0.4, -0.2) is 39.1 Å². The van der Waals surface area contributed by atoms with Gasteiger partial charge in [-0.25, -0.2) is 22.8 Å². The molecule has 3 aromatic carbocycles. The Morgan fingerprint density at radius 2 is 1.78 bits per heavy atom. The van der Waals surface area contributed by atoms with E-state index >= 15 is 0 Å². The summed E-state index contributed by atoms with van der Waals surface area (Å²) in [6.45, 7) is 0.610. The minimum atomic E-state index is -3.81. The van der Waals surface area contributed by atoms with E-state index in [0.29, 0.717) is 29.1 Å². The lowest BCUT2D eigenvalue weighted by molar-refractivity contribution is 0.149. The van der Waals surface area contributed by atoms with Crippen molar-refractivity contribution in [3.63, 3.8) is 0 Å². The molecule has 0 saturated heterocycles. The average Bonchev–Trinajstić information content (AvgIpc) is 3.35. The van der Waals surface area contributed by atoms with E-state index in [9.17, 15) is 18.3 Å². The van der Waals surface area contributed by atoms with E-state index in [2.05, 4.69) is 20.7 Å². The van der Waals surface area contributed by atoms with Gasteiger partial charge in [-0.05, 0) is 72.9 Å². The monoisotopic (exact) mass is 567 g/mol. The largest absolute Gasteiger partial charge is 0.464 e. The maximum absolute atomic E-state index is 13.2. The topological polar surface area (TPSA) is 117 Å². The van der Waals surface area contributed by atoms with Crippen LogP contribution in [0.3, 0.4) is 0 Å². The van der Waals surface area contributed by atoms with E-state index in [1.165, 1.54) is 10.1 Å². The lowest BCUT2D eigenvalue weighted by atomic mass is 9.90. The molecular formula is C31H29N5O4S. The first kappa shape index (κ1) is 26.7. The van der Waals surface area contributed by atoms with Gasteiger partial charge in [0, 0.05) is 18.4 Å². The standard InChI is InChI=1S/C31H29N5O4S/c37-31(38)36-27-16-5-4-15-26(27)33-29(36)21-35(28-17-7-10-23-11-8-18-32-30(23)28)20-22-9-6-14-25(19-22)41(39,40)34-24-12-2-1-3-13-24/h1-6,8-9,11-16,18-19,28,34H,7,10,17,20-21H2,(H,37,38). The summed E-state index contributed by atoms with van der Waals surface area (Å²) < 4.78 is 30.3. The van der Waals surface area contributed by atoms with Crippen LogP contribution in [0, 0.1) is 0 Å². The molecule has 6 rings (SSSR count). The second-order valence-electron chi connectivity index (χ2n) is 10.1. The molecule has 1 aliphatic rings. The van der Waals surface area contributed by atoms with Crippen LogP contribution in [0.15, 0.2) is 102 Å². The van der Waals surface area contributed by atoms with Crippen LogP contribution in [0.5, 0.6) is 0 Å². The normalized spacial score (nSPS) is 15.1. The number of aromatic nitrogens is 3. The smallest absolute Gasteiger partial charge is 0.417 e. The minimum absolute atomic E-state index is 0.0929. The summed E-state index contributed by atoms with van der Waals surface area (Å²) >= 11 is 0.